The summed E-state index contributed by atoms with van der Waals surface area (Å²) < 4.78 is 5.93. The average Bonchev–Trinajstić information content (AvgIpc) is 2.08. The molecule has 1 fully saturated rings. The van der Waals surface area contributed by atoms with E-state index in [-0.39, 0.29) is 0 Å². The Bertz CT molecular complexity index is 139. The van der Waals surface area contributed by atoms with Crippen LogP contribution in [0.3, 0.4) is 0 Å². The lowest BCUT2D eigenvalue weighted by molar-refractivity contribution is -0.125. The predicted molar refractivity (Wildman–Crippen MR) is 52.1 cm³/mol. The Morgan fingerprint density at radius 3 is 2.00 bits per heavy atom. The Balaban J connectivity index is 2.63. The van der Waals surface area contributed by atoms with E-state index in [9.17, 15) is 0 Å². The highest BCUT2D eigenvalue weighted by atomic mass is 16.5. The standard InChI is InChI=1S/C11H22O/c1-6-11-9(4)7(2)8(3)10(5)12-11/h7-11H,6H2,1-5H3/t7-,8?,9+,10-,11?/m0/s1. The van der Waals surface area contributed by atoms with Gasteiger partial charge in [0.2, 0.25) is 0 Å². The van der Waals surface area contributed by atoms with Crippen molar-refractivity contribution in [2.75, 3.05) is 0 Å². The molecule has 1 heteroatoms. The van der Waals surface area contributed by atoms with Gasteiger partial charge in [-0.15, -0.1) is 0 Å². The lowest BCUT2D eigenvalue weighted by Gasteiger charge is -2.42. The predicted octanol–water partition coefficient (Wildman–Crippen LogP) is 3.09. The molecule has 0 aliphatic carbocycles. The maximum Gasteiger partial charge on any atom is 0.0604 e. The number of hydrogen-bond acceptors (Lipinski definition) is 1. The van der Waals surface area contributed by atoms with Crippen LogP contribution in [0.4, 0.5) is 0 Å². The van der Waals surface area contributed by atoms with Crippen molar-refractivity contribution < 1.29 is 4.74 Å². The average molecular weight is 170 g/mol. The first-order valence-corrected chi connectivity index (χ1v) is 5.23. The third kappa shape index (κ3) is 1.66. The van der Waals surface area contributed by atoms with Crippen molar-refractivity contribution in [1.82, 2.24) is 0 Å². The molecule has 0 N–H and O–H groups in total. The van der Waals surface area contributed by atoms with E-state index >= 15 is 0 Å². The molecule has 1 aliphatic heterocycles. The molecular weight excluding hydrogens is 148 g/mol. The molecule has 72 valence electrons. The van der Waals surface area contributed by atoms with Crippen LogP contribution in [0.2, 0.25) is 0 Å². The molecule has 12 heavy (non-hydrogen) atoms. The monoisotopic (exact) mass is 170 g/mol. The van der Waals surface area contributed by atoms with E-state index in [0.29, 0.717) is 18.1 Å². The van der Waals surface area contributed by atoms with Gasteiger partial charge in [0.1, 0.15) is 0 Å². The summed E-state index contributed by atoms with van der Waals surface area (Å²) in [5.74, 6) is 2.24. The van der Waals surface area contributed by atoms with Crippen molar-refractivity contribution in [1.29, 1.82) is 0 Å². The number of hydrogen-bond donors (Lipinski definition) is 0. The Kier molecular flexibility index (Phi) is 3.16. The van der Waals surface area contributed by atoms with Crippen LogP contribution in [0.5, 0.6) is 0 Å². The zero-order valence-electron chi connectivity index (χ0n) is 9.00. The van der Waals surface area contributed by atoms with Gasteiger partial charge in [-0.25, -0.2) is 0 Å². The van der Waals surface area contributed by atoms with Crippen molar-refractivity contribution in [3.63, 3.8) is 0 Å². The minimum Gasteiger partial charge on any atom is -0.375 e. The van der Waals surface area contributed by atoms with Crippen LogP contribution in [-0.4, -0.2) is 12.2 Å². The molecule has 0 amide bonds. The number of ether oxygens (including phenoxy) is 1. The van der Waals surface area contributed by atoms with Crippen LogP contribution in [0.15, 0.2) is 0 Å². The quantitative estimate of drug-likeness (QED) is 0.587. The first-order valence-electron chi connectivity index (χ1n) is 5.23. The van der Waals surface area contributed by atoms with E-state index in [1.54, 1.807) is 0 Å². The molecule has 0 radical (unpaired) electrons. The van der Waals surface area contributed by atoms with Crippen molar-refractivity contribution in [2.24, 2.45) is 17.8 Å². The smallest absolute Gasteiger partial charge is 0.0604 e. The highest BCUT2D eigenvalue weighted by molar-refractivity contribution is 4.83. The van der Waals surface area contributed by atoms with Crippen molar-refractivity contribution >= 4 is 0 Å². The summed E-state index contributed by atoms with van der Waals surface area (Å²) in [6, 6.07) is 0. The van der Waals surface area contributed by atoms with Gasteiger partial charge in [0.05, 0.1) is 12.2 Å². The normalized spacial score (nSPS) is 49.2. The van der Waals surface area contributed by atoms with Crippen molar-refractivity contribution in [2.45, 2.75) is 53.2 Å². The van der Waals surface area contributed by atoms with Gasteiger partial charge in [-0.2, -0.15) is 0 Å². The molecule has 0 saturated carbocycles. The van der Waals surface area contributed by atoms with Crippen LogP contribution in [-0.2, 0) is 4.74 Å². The molecule has 0 aromatic heterocycles. The van der Waals surface area contributed by atoms with Gasteiger partial charge >= 0.3 is 0 Å². The molecule has 0 spiro atoms. The molecular formula is C11H22O. The van der Waals surface area contributed by atoms with Crippen LogP contribution >= 0.6 is 0 Å². The lowest BCUT2D eigenvalue weighted by atomic mass is 9.76. The molecule has 1 saturated heterocycles. The van der Waals surface area contributed by atoms with E-state index in [1.165, 1.54) is 0 Å². The largest absolute Gasteiger partial charge is 0.375 e. The summed E-state index contributed by atoms with van der Waals surface area (Å²) in [4.78, 5) is 0. The second-order valence-corrected chi connectivity index (χ2v) is 4.37. The second kappa shape index (κ2) is 3.78. The van der Waals surface area contributed by atoms with Crippen LogP contribution in [0.25, 0.3) is 0 Å². The Morgan fingerprint density at radius 2 is 1.50 bits per heavy atom. The van der Waals surface area contributed by atoms with E-state index in [4.69, 9.17) is 4.74 Å². The minimum atomic E-state index is 0.446. The van der Waals surface area contributed by atoms with E-state index in [0.717, 1.165) is 18.3 Å². The summed E-state index contributed by atoms with van der Waals surface area (Å²) in [6.07, 6.45) is 2.09. The van der Waals surface area contributed by atoms with Gasteiger partial charge in [-0.05, 0) is 31.1 Å². The Morgan fingerprint density at radius 1 is 0.917 bits per heavy atom. The third-order valence-corrected chi connectivity index (χ3v) is 3.78. The molecule has 1 nitrogen and oxygen atoms in total. The molecule has 5 atom stereocenters. The third-order valence-electron chi connectivity index (χ3n) is 3.78. The van der Waals surface area contributed by atoms with Gasteiger partial charge in [0, 0.05) is 0 Å². The van der Waals surface area contributed by atoms with Gasteiger partial charge in [0.25, 0.3) is 0 Å². The maximum absolute atomic E-state index is 5.93. The second-order valence-electron chi connectivity index (χ2n) is 4.37. The number of rotatable bonds is 1. The van der Waals surface area contributed by atoms with Crippen LogP contribution < -0.4 is 0 Å². The Hall–Kier alpha value is -0.0400. The first kappa shape index (κ1) is 10.0. The molecule has 1 aliphatic rings. The fourth-order valence-electron chi connectivity index (χ4n) is 2.24. The van der Waals surface area contributed by atoms with Crippen molar-refractivity contribution in [3.05, 3.63) is 0 Å². The van der Waals surface area contributed by atoms with Gasteiger partial charge in [0.15, 0.2) is 0 Å². The highest BCUT2D eigenvalue weighted by Gasteiger charge is 2.35. The van der Waals surface area contributed by atoms with Crippen LogP contribution in [0, 0.1) is 17.8 Å². The summed E-state index contributed by atoms with van der Waals surface area (Å²) >= 11 is 0. The lowest BCUT2D eigenvalue weighted by Crippen LogP contribution is -2.42. The van der Waals surface area contributed by atoms with Gasteiger partial charge in [-0.3, -0.25) is 0 Å². The molecule has 0 bridgehead atoms. The molecule has 1 rings (SSSR count). The summed E-state index contributed by atoms with van der Waals surface area (Å²) in [6.45, 7) is 11.4. The summed E-state index contributed by atoms with van der Waals surface area (Å²) in [7, 11) is 0. The van der Waals surface area contributed by atoms with Crippen LogP contribution in [0.1, 0.15) is 41.0 Å². The van der Waals surface area contributed by atoms with Gasteiger partial charge in [-0.1, -0.05) is 27.7 Å². The zero-order valence-corrected chi connectivity index (χ0v) is 9.00. The fraction of sp³-hybridized carbons (Fsp3) is 1.00. The molecule has 1 heterocycles. The Labute approximate surface area is 76.5 Å². The van der Waals surface area contributed by atoms with E-state index in [2.05, 4.69) is 34.6 Å². The van der Waals surface area contributed by atoms with E-state index in [1.807, 2.05) is 0 Å². The fourth-order valence-corrected chi connectivity index (χ4v) is 2.24. The van der Waals surface area contributed by atoms with Gasteiger partial charge < -0.3 is 4.74 Å². The minimum absolute atomic E-state index is 0.446. The molecule has 0 aromatic rings. The summed E-state index contributed by atoms with van der Waals surface area (Å²) in [5, 5.41) is 0. The van der Waals surface area contributed by atoms with E-state index < -0.39 is 0 Å². The highest BCUT2D eigenvalue weighted by Crippen LogP contribution is 2.35. The molecule has 0 aromatic carbocycles. The molecule has 2 unspecified atom stereocenters. The SMILES string of the molecule is CCC1O[C@@H](C)C(C)[C@H](C)[C@H]1C. The summed E-state index contributed by atoms with van der Waals surface area (Å²) in [5.41, 5.74) is 0. The zero-order chi connectivity index (χ0) is 9.30. The van der Waals surface area contributed by atoms with Crippen molar-refractivity contribution in [3.8, 4) is 0 Å². The topological polar surface area (TPSA) is 9.23 Å². The first-order chi connectivity index (χ1) is 5.57. The maximum atomic E-state index is 5.93.